The van der Waals surface area contributed by atoms with Crippen molar-refractivity contribution in [2.75, 3.05) is 0 Å². The van der Waals surface area contributed by atoms with Gasteiger partial charge in [0.25, 0.3) is 0 Å². The second-order valence-corrected chi connectivity index (χ2v) is 14.0. The van der Waals surface area contributed by atoms with Crippen molar-refractivity contribution in [3.63, 3.8) is 0 Å². The van der Waals surface area contributed by atoms with Gasteiger partial charge in [-0.15, -0.1) is 0 Å². The number of allylic oxidation sites excluding steroid dienone is 4. The van der Waals surface area contributed by atoms with E-state index in [9.17, 15) is 9.59 Å². The molecule has 0 aliphatic heterocycles. The Hall–Kier alpha value is -2.88. The lowest BCUT2D eigenvalue weighted by Gasteiger charge is -2.06. The average molecular weight is 691 g/mol. The lowest BCUT2D eigenvalue weighted by Crippen LogP contribution is -2.07. The van der Waals surface area contributed by atoms with E-state index in [2.05, 4.69) is 44.2 Å². The minimum absolute atomic E-state index is 0.122. The standard InChI is InChI=1S/C28H40O2.C18H34O2/c1-2-3-4-5-6-7-8-9-10-11-12-13-14-15-16-21-28(29)30-27-23-22-25-19-17-18-20-26(25)24-27;1-2-3-4-5-6-7-8-9-10-11-12-13-14-15-16-17-18(19)20/h9-10,17-20,22-24H,2-8,11-16,21H2,1H3;9-10H,2-8,11-17H2,1H3,(H,19,20)/b2*10-9-. The topological polar surface area (TPSA) is 63.6 Å². The summed E-state index contributed by atoms with van der Waals surface area (Å²) in [7, 11) is 0. The Morgan fingerprint density at radius 3 is 1.36 bits per heavy atom. The third kappa shape index (κ3) is 28.9. The van der Waals surface area contributed by atoms with Crippen molar-refractivity contribution in [3.8, 4) is 5.75 Å². The summed E-state index contributed by atoms with van der Waals surface area (Å²) in [5.41, 5.74) is 0. The molecular formula is C46H74O4. The van der Waals surface area contributed by atoms with Crippen LogP contribution in [0.4, 0.5) is 0 Å². The van der Waals surface area contributed by atoms with Crippen LogP contribution in [0.25, 0.3) is 10.8 Å². The van der Waals surface area contributed by atoms with Crippen molar-refractivity contribution in [3.05, 3.63) is 66.8 Å². The molecule has 0 unspecified atom stereocenters. The zero-order valence-corrected chi connectivity index (χ0v) is 32.3. The molecule has 4 heteroatoms. The third-order valence-corrected chi connectivity index (χ3v) is 9.25. The Balaban J connectivity index is 0.000000546. The molecule has 2 rings (SSSR count). The number of aliphatic carboxylic acids is 1. The van der Waals surface area contributed by atoms with Crippen LogP contribution >= 0.6 is 0 Å². The second kappa shape index (κ2) is 34.6. The number of benzene rings is 2. The Kier molecular flexibility index (Phi) is 31.2. The SMILES string of the molecule is CCCCCCCC/C=C\CCCCCCCC(=O)O.CCCCCCCC/C=C\CCCCCCCC(=O)Oc1ccc2ccccc2c1. The molecule has 0 spiro atoms. The molecular weight excluding hydrogens is 617 g/mol. The number of hydrogen-bond acceptors (Lipinski definition) is 3. The molecule has 0 fully saturated rings. The van der Waals surface area contributed by atoms with Crippen LogP contribution in [-0.4, -0.2) is 17.0 Å². The summed E-state index contributed by atoms with van der Waals surface area (Å²) in [6.45, 7) is 4.53. The van der Waals surface area contributed by atoms with Gasteiger partial charge in [0.2, 0.25) is 0 Å². The lowest BCUT2D eigenvalue weighted by molar-refractivity contribution is -0.137. The Labute approximate surface area is 307 Å². The van der Waals surface area contributed by atoms with Gasteiger partial charge in [-0.25, -0.2) is 0 Å². The quantitative estimate of drug-likeness (QED) is 0.0370. The Morgan fingerprint density at radius 1 is 0.500 bits per heavy atom. The molecule has 0 saturated heterocycles. The molecule has 0 aliphatic rings. The smallest absolute Gasteiger partial charge is 0.311 e. The van der Waals surface area contributed by atoms with Gasteiger partial charge in [0.1, 0.15) is 5.75 Å². The van der Waals surface area contributed by atoms with Crippen LogP contribution in [0.5, 0.6) is 5.75 Å². The van der Waals surface area contributed by atoms with Crippen LogP contribution in [0.2, 0.25) is 0 Å². The average Bonchev–Trinajstić information content (AvgIpc) is 3.11. The number of ether oxygens (including phenoxy) is 1. The molecule has 0 amide bonds. The third-order valence-electron chi connectivity index (χ3n) is 9.25. The Bertz CT molecular complexity index is 1130. The van der Waals surface area contributed by atoms with Gasteiger partial charge >= 0.3 is 11.9 Å². The minimum Gasteiger partial charge on any atom is -0.481 e. The first kappa shape index (κ1) is 45.1. The lowest BCUT2D eigenvalue weighted by atomic mass is 10.1. The van der Waals surface area contributed by atoms with Gasteiger partial charge in [0.05, 0.1) is 0 Å². The van der Waals surface area contributed by atoms with Crippen molar-refractivity contribution in [2.24, 2.45) is 0 Å². The van der Waals surface area contributed by atoms with E-state index in [1.807, 2.05) is 36.4 Å². The predicted molar refractivity (Wildman–Crippen MR) is 216 cm³/mol. The van der Waals surface area contributed by atoms with Gasteiger partial charge in [0.15, 0.2) is 0 Å². The number of carbonyl (C=O) groups excluding carboxylic acids is 1. The molecule has 1 N–H and O–H groups in total. The van der Waals surface area contributed by atoms with Crippen LogP contribution in [0.15, 0.2) is 66.8 Å². The van der Waals surface area contributed by atoms with Gasteiger partial charge in [-0.1, -0.05) is 171 Å². The molecule has 2 aromatic carbocycles. The van der Waals surface area contributed by atoms with E-state index in [-0.39, 0.29) is 5.97 Å². The number of unbranched alkanes of at least 4 members (excludes halogenated alkanes) is 22. The van der Waals surface area contributed by atoms with E-state index in [0.29, 0.717) is 18.6 Å². The number of fused-ring (bicyclic) bond motifs is 1. The van der Waals surface area contributed by atoms with E-state index >= 15 is 0 Å². The number of carboxylic acid groups (broad SMARTS) is 1. The molecule has 282 valence electrons. The molecule has 0 saturated carbocycles. The number of rotatable bonds is 31. The van der Waals surface area contributed by atoms with Crippen LogP contribution in [0, 0.1) is 0 Å². The highest BCUT2D eigenvalue weighted by Gasteiger charge is 2.05. The second-order valence-electron chi connectivity index (χ2n) is 14.0. The molecule has 0 bridgehead atoms. The molecule has 50 heavy (non-hydrogen) atoms. The number of hydrogen-bond donors (Lipinski definition) is 1. The number of carbonyl (C=O) groups is 2. The fraction of sp³-hybridized carbons (Fsp3) is 0.652. The number of esters is 1. The van der Waals surface area contributed by atoms with Crippen LogP contribution in [0.3, 0.4) is 0 Å². The molecule has 0 heterocycles. The highest BCUT2D eigenvalue weighted by Crippen LogP contribution is 2.21. The maximum Gasteiger partial charge on any atom is 0.311 e. The van der Waals surface area contributed by atoms with E-state index in [1.165, 1.54) is 141 Å². The summed E-state index contributed by atoms with van der Waals surface area (Å²) >= 11 is 0. The van der Waals surface area contributed by atoms with Gasteiger partial charge in [0, 0.05) is 12.8 Å². The summed E-state index contributed by atoms with van der Waals surface area (Å²) in [5, 5.41) is 10.8. The summed E-state index contributed by atoms with van der Waals surface area (Å²) < 4.78 is 5.49. The minimum atomic E-state index is -0.664. The fourth-order valence-corrected chi connectivity index (χ4v) is 6.10. The van der Waals surface area contributed by atoms with E-state index in [0.717, 1.165) is 36.5 Å². The highest BCUT2D eigenvalue weighted by atomic mass is 16.5. The van der Waals surface area contributed by atoms with Gasteiger partial charge < -0.3 is 9.84 Å². The predicted octanol–water partition coefficient (Wildman–Crippen LogP) is 14.9. The first-order valence-electron chi connectivity index (χ1n) is 20.8. The van der Waals surface area contributed by atoms with Crippen LogP contribution < -0.4 is 4.74 Å². The van der Waals surface area contributed by atoms with Crippen LogP contribution in [0.1, 0.15) is 194 Å². The fourth-order valence-electron chi connectivity index (χ4n) is 6.10. The van der Waals surface area contributed by atoms with Crippen molar-refractivity contribution in [2.45, 2.75) is 194 Å². The van der Waals surface area contributed by atoms with Gasteiger partial charge in [-0.3, -0.25) is 9.59 Å². The normalized spacial score (nSPS) is 11.3. The summed E-state index contributed by atoms with van der Waals surface area (Å²) in [5.74, 6) is -0.142. The van der Waals surface area contributed by atoms with E-state index in [1.54, 1.807) is 0 Å². The van der Waals surface area contributed by atoms with Gasteiger partial charge in [-0.2, -0.15) is 0 Å². The molecule has 2 aromatic rings. The van der Waals surface area contributed by atoms with Gasteiger partial charge in [-0.05, 0) is 87.1 Å². The summed E-state index contributed by atoms with van der Waals surface area (Å²) in [6, 6.07) is 13.9. The maximum atomic E-state index is 12.1. The summed E-state index contributed by atoms with van der Waals surface area (Å²) in [4.78, 5) is 22.4. The maximum absolute atomic E-state index is 12.1. The highest BCUT2D eigenvalue weighted by molar-refractivity contribution is 5.84. The van der Waals surface area contributed by atoms with E-state index < -0.39 is 5.97 Å². The first-order chi connectivity index (χ1) is 24.6. The van der Waals surface area contributed by atoms with Crippen molar-refractivity contribution >= 4 is 22.7 Å². The molecule has 0 atom stereocenters. The number of carboxylic acids is 1. The Morgan fingerprint density at radius 2 is 0.900 bits per heavy atom. The van der Waals surface area contributed by atoms with E-state index in [4.69, 9.17) is 9.84 Å². The zero-order valence-electron chi connectivity index (χ0n) is 32.3. The monoisotopic (exact) mass is 691 g/mol. The first-order valence-corrected chi connectivity index (χ1v) is 20.8. The summed E-state index contributed by atoms with van der Waals surface area (Å²) in [6.07, 6.45) is 42.9. The molecule has 4 nitrogen and oxygen atoms in total. The molecule has 0 aliphatic carbocycles. The molecule has 0 radical (unpaired) electrons. The van der Waals surface area contributed by atoms with Crippen molar-refractivity contribution in [1.29, 1.82) is 0 Å². The van der Waals surface area contributed by atoms with Crippen LogP contribution in [-0.2, 0) is 9.59 Å². The van der Waals surface area contributed by atoms with Crippen molar-refractivity contribution < 1.29 is 19.4 Å². The zero-order chi connectivity index (χ0) is 36.2. The van der Waals surface area contributed by atoms with Crippen molar-refractivity contribution in [1.82, 2.24) is 0 Å². The largest absolute Gasteiger partial charge is 0.481 e. The molecule has 0 aromatic heterocycles.